The van der Waals surface area contributed by atoms with E-state index in [0.717, 1.165) is 5.56 Å². The molecule has 104 valence electrons. The summed E-state index contributed by atoms with van der Waals surface area (Å²) < 4.78 is 5.17. The molecule has 2 aromatic carbocycles. The van der Waals surface area contributed by atoms with E-state index in [1.807, 2.05) is 12.1 Å². The third kappa shape index (κ3) is 3.51. The Morgan fingerprint density at radius 2 is 1.65 bits per heavy atom. The lowest BCUT2D eigenvalue weighted by atomic mass is 10.1. The standard InChI is InChI=1S/C15H13Cl2NO2/c16-12-7-3-1-5-10(12)9-20-15(19)14(18)11-6-2-4-8-13(11)17/h1-8,14H,9,18H2/t14-/m1/s1. The highest BCUT2D eigenvalue weighted by Gasteiger charge is 2.20. The molecule has 0 aromatic heterocycles. The van der Waals surface area contributed by atoms with Gasteiger partial charge < -0.3 is 10.5 Å². The van der Waals surface area contributed by atoms with Crippen LogP contribution >= 0.6 is 23.2 Å². The fourth-order valence-electron chi connectivity index (χ4n) is 1.71. The third-order valence-electron chi connectivity index (χ3n) is 2.82. The first-order valence-electron chi connectivity index (χ1n) is 5.99. The van der Waals surface area contributed by atoms with Crippen LogP contribution in [0.1, 0.15) is 17.2 Å². The summed E-state index contributed by atoms with van der Waals surface area (Å²) in [6.07, 6.45) is 0. The topological polar surface area (TPSA) is 52.3 Å². The molecule has 0 fully saturated rings. The maximum atomic E-state index is 11.9. The maximum Gasteiger partial charge on any atom is 0.327 e. The van der Waals surface area contributed by atoms with E-state index < -0.39 is 12.0 Å². The van der Waals surface area contributed by atoms with Crippen molar-refractivity contribution in [3.8, 4) is 0 Å². The number of benzene rings is 2. The Labute approximate surface area is 127 Å². The molecule has 0 amide bonds. The SMILES string of the molecule is N[C@@H](C(=O)OCc1ccccc1Cl)c1ccccc1Cl. The Morgan fingerprint density at radius 3 is 2.30 bits per heavy atom. The summed E-state index contributed by atoms with van der Waals surface area (Å²) in [5.74, 6) is -0.544. The fraction of sp³-hybridized carbons (Fsp3) is 0.133. The van der Waals surface area contributed by atoms with Crippen LogP contribution in [0, 0.1) is 0 Å². The highest BCUT2D eigenvalue weighted by atomic mass is 35.5. The van der Waals surface area contributed by atoms with Crippen molar-refractivity contribution in [2.24, 2.45) is 5.73 Å². The number of rotatable bonds is 4. The van der Waals surface area contributed by atoms with Crippen LogP contribution in [0.4, 0.5) is 0 Å². The maximum absolute atomic E-state index is 11.9. The smallest absolute Gasteiger partial charge is 0.327 e. The Balaban J connectivity index is 2.02. The van der Waals surface area contributed by atoms with Gasteiger partial charge in [0.2, 0.25) is 0 Å². The number of hydrogen-bond acceptors (Lipinski definition) is 3. The number of carbonyl (C=O) groups excluding carboxylic acids is 1. The lowest BCUT2D eigenvalue weighted by Gasteiger charge is -2.13. The predicted octanol–water partition coefficient (Wildman–Crippen LogP) is 3.74. The second kappa shape index (κ2) is 6.75. The van der Waals surface area contributed by atoms with Crippen LogP contribution in [0.25, 0.3) is 0 Å². The molecular weight excluding hydrogens is 297 g/mol. The van der Waals surface area contributed by atoms with Gasteiger partial charge in [0.15, 0.2) is 0 Å². The van der Waals surface area contributed by atoms with Crippen LogP contribution in [0.3, 0.4) is 0 Å². The van der Waals surface area contributed by atoms with Crippen LogP contribution in [0.15, 0.2) is 48.5 Å². The Bertz CT molecular complexity index is 616. The van der Waals surface area contributed by atoms with Crippen molar-refractivity contribution in [2.45, 2.75) is 12.6 Å². The Kier molecular flexibility index (Phi) is 5.01. The molecule has 0 bridgehead atoms. The fourth-order valence-corrected chi connectivity index (χ4v) is 2.15. The van der Waals surface area contributed by atoms with Gasteiger partial charge in [0, 0.05) is 15.6 Å². The molecule has 0 aliphatic heterocycles. The molecule has 20 heavy (non-hydrogen) atoms. The summed E-state index contributed by atoms with van der Waals surface area (Å²) in [7, 11) is 0. The third-order valence-corrected chi connectivity index (χ3v) is 3.53. The molecule has 2 aromatic rings. The van der Waals surface area contributed by atoms with Gasteiger partial charge in [-0.05, 0) is 17.7 Å². The monoisotopic (exact) mass is 309 g/mol. The molecule has 0 spiro atoms. The zero-order valence-corrected chi connectivity index (χ0v) is 12.1. The van der Waals surface area contributed by atoms with Gasteiger partial charge in [-0.1, -0.05) is 59.6 Å². The minimum atomic E-state index is -0.911. The van der Waals surface area contributed by atoms with Gasteiger partial charge in [-0.25, -0.2) is 4.79 Å². The summed E-state index contributed by atoms with van der Waals surface area (Å²) in [4.78, 5) is 11.9. The number of esters is 1. The number of carbonyl (C=O) groups is 1. The second-order valence-corrected chi connectivity index (χ2v) is 5.01. The molecule has 2 N–H and O–H groups in total. The Morgan fingerprint density at radius 1 is 1.05 bits per heavy atom. The summed E-state index contributed by atoms with van der Waals surface area (Å²) in [6.45, 7) is 0.0800. The van der Waals surface area contributed by atoms with Crippen molar-refractivity contribution in [1.29, 1.82) is 0 Å². The van der Waals surface area contributed by atoms with E-state index in [1.165, 1.54) is 0 Å². The van der Waals surface area contributed by atoms with Gasteiger partial charge in [0.1, 0.15) is 12.6 Å². The van der Waals surface area contributed by atoms with Crippen LogP contribution in [0.5, 0.6) is 0 Å². The van der Waals surface area contributed by atoms with Crippen molar-refractivity contribution in [1.82, 2.24) is 0 Å². The number of nitrogens with two attached hydrogens (primary N) is 1. The highest BCUT2D eigenvalue weighted by Crippen LogP contribution is 2.23. The number of hydrogen-bond donors (Lipinski definition) is 1. The van der Waals surface area contributed by atoms with Crippen molar-refractivity contribution in [3.63, 3.8) is 0 Å². The van der Waals surface area contributed by atoms with Crippen molar-refractivity contribution in [3.05, 3.63) is 69.7 Å². The van der Waals surface area contributed by atoms with Crippen molar-refractivity contribution in [2.75, 3.05) is 0 Å². The molecule has 1 atom stereocenters. The summed E-state index contributed by atoms with van der Waals surface area (Å²) in [5, 5.41) is 0.987. The molecule has 0 saturated carbocycles. The molecule has 0 aliphatic carbocycles. The average Bonchev–Trinajstić information content (AvgIpc) is 2.46. The van der Waals surface area contributed by atoms with Gasteiger partial charge in [0.25, 0.3) is 0 Å². The molecular formula is C15H13Cl2NO2. The number of ether oxygens (including phenoxy) is 1. The summed E-state index contributed by atoms with van der Waals surface area (Å²) in [6, 6.07) is 13.2. The van der Waals surface area contributed by atoms with Gasteiger partial charge in [-0.2, -0.15) is 0 Å². The Hall–Kier alpha value is -1.55. The predicted molar refractivity (Wildman–Crippen MR) is 79.6 cm³/mol. The first-order chi connectivity index (χ1) is 9.59. The minimum Gasteiger partial charge on any atom is -0.459 e. The van der Waals surface area contributed by atoms with Crippen LogP contribution < -0.4 is 5.73 Å². The zero-order chi connectivity index (χ0) is 14.5. The first kappa shape index (κ1) is 14.9. The van der Waals surface area contributed by atoms with E-state index in [0.29, 0.717) is 15.6 Å². The molecule has 0 saturated heterocycles. The molecule has 2 rings (SSSR count). The average molecular weight is 310 g/mol. The van der Waals surface area contributed by atoms with Gasteiger partial charge in [-0.15, -0.1) is 0 Å². The number of halogens is 2. The van der Waals surface area contributed by atoms with E-state index in [1.54, 1.807) is 36.4 Å². The highest BCUT2D eigenvalue weighted by molar-refractivity contribution is 6.31. The summed E-state index contributed by atoms with van der Waals surface area (Å²) >= 11 is 12.0. The molecule has 0 radical (unpaired) electrons. The molecule has 5 heteroatoms. The molecule has 3 nitrogen and oxygen atoms in total. The lowest BCUT2D eigenvalue weighted by molar-refractivity contribution is -0.146. The van der Waals surface area contributed by atoms with Crippen molar-refractivity contribution >= 4 is 29.2 Å². The van der Waals surface area contributed by atoms with Crippen molar-refractivity contribution < 1.29 is 9.53 Å². The van der Waals surface area contributed by atoms with E-state index in [-0.39, 0.29) is 6.61 Å². The van der Waals surface area contributed by atoms with E-state index in [9.17, 15) is 4.79 Å². The largest absolute Gasteiger partial charge is 0.459 e. The van der Waals surface area contributed by atoms with Gasteiger partial charge in [-0.3, -0.25) is 0 Å². The molecule has 0 heterocycles. The van der Waals surface area contributed by atoms with E-state index in [4.69, 9.17) is 33.7 Å². The first-order valence-corrected chi connectivity index (χ1v) is 6.75. The van der Waals surface area contributed by atoms with Gasteiger partial charge in [0.05, 0.1) is 0 Å². The minimum absolute atomic E-state index is 0.0800. The van der Waals surface area contributed by atoms with Crippen LogP contribution in [-0.2, 0) is 16.1 Å². The summed E-state index contributed by atoms with van der Waals surface area (Å²) in [5.41, 5.74) is 7.12. The zero-order valence-electron chi connectivity index (χ0n) is 10.6. The van der Waals surface area contributed by atoms with Crippen LogP contribution in [-0.4, -0.2) is 5.97 Å². The molecule has 0 unspecified atom stereocenters. The van der Waals surface area contributed by atoms with E-state index >= 15 is 0 Å². The second-order valence-electron chi connectivity index (χ2n) is 4.20. The normalized spacial score (nSPS) is 11.9. The van der Waals surface area contributed by atoms with Gasteiger partial charge >= 0.3 is 5.97 Å². The quantitative estimate of drug-likeness (QED) is 0.875. The van der Waals surface area contributed by atoms with Crippen LogP contribution in [0.2, 0.25) is 10.0 Å². The van der Waals surface area contributed by atoms with E-state index in [2.05, 4.69) is 0 Å². The lowest BCUT2D eigenvalue weighted by Crippen LogP contribution is -2.24. The molecule has 0 aliphatic rings.